The Labute approximate surface area is 107 Å². The van der Waals surface area contributed by atoms with Crippen molar-refractivity contribution in [3.8, 4) is 0 Å². The molecule has 0 aliphatic rings. The van der Waals surface area contributed by atoms with Crippen molar-refractivity contribution in [2.45, 2.75) is 26.3 Å². The molecule has 0 saturated carbocycles. The summed E-state index contributed by atoms with van der Waals surface area (Å²) in [5.74, 6) is -0.676. The van der Waals surface area contributed by atoms with Gasteiger partial charge in [-0.1, -0.05) is 6.92 Å². The number of rotatable bonds is 7. The molecule has 0 aromatic carbocycles. The van der Waals surface area contributed by atoms with Gasteiger partial charge < -0.3 is 15.3 Å². The van der Waals surface area contributed by atoms with E-state index >= 15 is 0 Å². The van der Waals surface area contributed by atoms with Crippen molar-refractivity contribution in [1.82, 2.24) is 15.1 Å². The van der Waals surface area contributed by atoms with Gasteiger partial charge in [0.15, 0.2) is 5.82 Å². The molecule has 1 unspecified atom stereocenters. The second-order valence-corrected chi connectivity index (χ2v) is 4.26. The van der Waals surface area contributed by atoms with Crippen LogP contribution in [-0.2, 0) is 0 Å². The van der Waals surface area contributed by atoms with E-state index in [9.17, 15) is 4.79 Å². The van der Waals surface area contributed by atoms with Gasteiger partial charge in [0.05, 0.1) is 6.20 Å². The van der Waals surface area contributed by atoms with E-state index in [1.807, 2.05) is 7.05 Å². The molecule has 0 fully saturated rings. The van der Waals surface area contributed by atoms with E-state index in [1.165, 1.54) is 12.3 Å². The monoisotopic (exact) mass is 252 g/mol. The van der Waals surface area contributed by atoms with Crippen LogP contribution < -0.4 is 5.32 Å². The number of aromatic nitrogens is 2. The molecule has 0 amide bonds. The molecule has 0 aliphatic carbocycles. The van der Waals surface area contributed by atoms with Crippen LogP contribution in [0.5, 0.6) is 0 Å². The highest BCUT2D eigenvalue weighted by atomic mass is 16.4. The van der Waals surface area contributed by atoms with E-state index in [0.29, 0.717) is 18.4 Å². The average Bonchev–Trinajstić information content (AvgIpc) is 2.38. The number of anilines is 1. The lowest BCUT2D eigenvalue weighted by molar-refractivity contribution is 0.0697. The third-order valence-electron chi connectivity index (χ3n) is 3.05. The fraction of sp³-hybridized carbons (Fsp3) is 0.583. The normalized spacial score (nSPS) is 12.4. The number of hydrogen-bond acceptors (Lipinski definition) is 5. The summed E-state index contributed by atoms with van der Waals surface area (Å²) in [4.78, 5) is 13.2. The van der Waals surface area contributed by atoms with Crippen LogP contribution in [0.2, 0.25) is 0 Å². The highest BCUT2D eigenvalue weighted by Gasteiger charge is 2.11. The molecule has 1 aromatic rings. The van der Waals surface area contributed by atoms with Crippen LogP contribution >= 0.6 is 0 Å². The summed E-state index contributed by atoms with van der Waals surface area (Å²) in [6.07, 6.45) is 2.46. The van der Waals surface area contributed by atoms with Gasteiger partial charge in [-0.25, -0.2) is 4.79 Å². The molecule has 6 heteroatoms. The molecule has 1 rings (SSSR count). The second kappa shape index (κ2) is 6.90. The molecule has 0 spiro atoms. The predicted octanol–water partition coefficient (Wildman–Crippen LogP) is 1.32. The number of nitrogens with one attached hydrogen (secondary N) is 1. The largest absolute Gasteiger partial charge is 0.478 e. The van der Waals surface area contributed by atoms with E-state index in [-0.39, 0.29) is 5.56 Å². The summed E-state index contributed by atoms with van der Waals surface area (Å²) in [6, 6.07) is 1.95. The third-order valence-corrected chi connectivity index (χ3v) is 3.05. The number of carboxylic acids is 1. The number of likely N-dealkylation sites (N-methyl/N-ethyl adjacent to an activating group) is 1. The Hall–Kier alpha value is -1.69. The molecular formula is C12H20N4O2. The fourth-order valence-electron chi connectivity index (χ4n) is 1.52. The van der Waals surface area contributed by atoms with E-state index in [4.69, 9.17) is 5.11 Å². The number of carboxylic acid groups (broad SMARTS) is 1. The first kappa shape index (κ1) is 14.4. The molecule has 2 N–H and O–H groups in total. The molecule has 1 aromatic heterocycles. The Bertz CT molecular complexity index is 397. The lowest BCUT2D eigenvalue weighted by atomic mass is 10.2. The van der Waals surface area contributed by atoms with Crippen molar-refractivity contribution < 1.29 is 9.90 Å². The van der Waals surface area contributed by atoms with Gasteiger partial charge in [0.25, 0.3) is 0 Å². The van der Waals surface area contributed by atoms with Crippen molar-refractivity contribution in [3.63, 3.8) is 0 Å². The predicted molar refractivity (Wildman–Crippen MR) is 69.9 cm³/mol. The van der Waals surface area contributed by atoms with Gasteiger partial charge in [-0.15, -0.1) is 5.10 Å². The SMILES string of the molecule is CCC(C)N(C)CCNc1nnccc1C(=O)O. The Kier molecular flexibility index (Phi) is 5.51. The zero-order valence-corrected chi connectivity index (χ0v) is 11.1. The van der Waals surface area contributed by atoms with Crippen LogP contribution in [-0.4, -0.2) is 52.4 Å². The molecule has 18 heavy (non-hydrogen) atoms. The van der Waals surface area contributed by atoms with Crippen LogP contribution in [0.4, 0.5) is 5.82 Å². The standard InChI is InChI=1S/C12H20N4O2/c1-4-9(2)16(3)8-7-13-11-10(12(17)18)5-6-14-15-11/h5-6,9H,4,7-8H2,1-3H3,(H,13,15)(H,17,18). The highest BCUT2D eigenvalue weighted by molar-refractivity contribution is 5.92. The van der Waals surface area contributed by atoms with Crippen LogP contribution in [0.25, 0.3) is 0 Å². The van der Waals surface area contributed by atoms with E-state index < -0.39 is 5.97 Å². The first-order valence-electron chi connectivity index (χ1n) is 6.05. The molecule has 1 heterocycles. The Morgan fingerprint density at radius 2 is 2.33 bits per heavy atom. The summed E-state index contributed by atoms with van der Waals surface area (Å²) in [5, 5.41) is 19.5. The quantitative estimate of drug-likeness (QED) is 0.762. The lowest BCUT2D eigenvalue weighted by Gasteiger charge is -2.23. The maximum atomic E-state index is 11.0. The van der Waals surface area contributed by atoms with Gasteiger partial charge in [0.1, 0.15) is 5.56 Å². The Balaban J connectivity index is 2.51. The topological polar surface area (TPSA) is 78.3 Å². The van der Waals surface area contributed by atoms with Crippen molar-refractivity contribution >= 4 is 11.8 Å². The minimum atomic E-state index is -0.998. The molecule has 0 radical (unpaired) electrons. The molecule has 1 atom stereocenters. The smallest absolute Gasteiger partial charge is 0.339 e. The summed E-state index contributed by atoms with van der Waals surface area (Å²) in [7, 11) is 2.05. The maximum absolute atomic E-state index is 11.0. The number of hydrogen-bond donors (Lipinski definition) is 2. The van der Waals surface area contributed by atoms with Gasteiger partial charge in [0, 0.05) is 19.1 Å². The first-order chi connectivity index (χ1) is 8.56. The second-order valence-electron chi connectivity index (χ2n) is 4.26. The van der Waals surface area contributed by atoms with Gasteiger partial charge in [0.2, 0.25) is 0 Å². The minimum absolute atomic E-state index is 0.149. The van der Waals surface area contributed by atoms with E-state index in [0.717, 1.165) is 13.0 Å². The van der Waals surface area contributed by atoms with Crippen LogP contribution in [0.3, 0.4) is 0 Å². The zero-order chi connectivity index (χ0) is 13.5. The first-order valence-corrected chi connectivity index (χ1v) is 6.05. The van der Waals surface area contributed by atoms with Crippen molar-refractivity contribution in [2.75, 3.05) is 25.5 Å². The maximum Gasteiger partial charge on any atom is 0.339 e. The van der Waals surface area contributed by atoms with Gasteiger partial charge >= 0.3 is 5.97 Å². The summed E-state index contributed by atoms with van der Waals surface area (Å²) in [5.41, 5.74) is 0.149. The van der Waals surface area contributed by atoms with Crippen LogP contribution in [0, 0.1) is 0 Å². The zero-order valence-electron chi connectivity index (χ0n) is 11.1. The summed E-state index contributed by atoms with van der Waals surface area (Å²) >= 11 is 0. The summed E-state index contributed by atoms with van der Waals surface area (Å²) < 4.78 is 0. The van der Waals surface area contributed by atoms with Crippen molar-refractivity contribution in [1.29, 1.82) is 0 Å². The molecule has 0 bridgehead atoms. The van der Waals surface area contributed by atoms with Crippen LogP contribution in [0.15, 0.2) is 12.3 Å². The Morgan fingerprint density at radius 1 is 1.61 bits per heavy atom. The Morgan fingerprint density at radius 3 is 2.94 bits per heavy atom. The van der Waals surface area contributed by atoms with Gasteiger partial charge in [-0.3, -0.25) is 0 Å². The third kappa shape index (κ3) is 3.96. The number of aromatic carboxylic acids is 1. The minimum Gasteiger partial charge on any atom is -0.478 e. The van der Waals surface area contributed by atoms with E-state index in [2.05, 4.69) is 34.3 Å². The molecule has 6 nitrogen and oxygen atoms in total. The van der Waals surface area contributed by atoms with Crippen molar-refractivity contribution in [2.24, 2.45) is 0 Å². The number of nitrogens with zero attached hydrogens (tertiary/aromatic N) is 3. The van der Waals surface area contributed by atoms with Crippen molar-refractivity contribution in [3.05, 3.63) is 17.8 Å². The average molecular weight is 252 g/mol. The van der Waals surface area contributed by atoms with Gasteiger partial charge in [-0.05, 0) is 26.5 Å². The fourth-order valence-corrected chi connectivity index (χ4v) is 1.52. The number of carbonyl (C=O) groups is 1. The van der Waals surface area contributed by atoms with Crippen LogP contribution in [0.1, 0.15) is 30.6 Å². The molecular weight excluding hydrogens is 232 g/mol. The molecule has 100 valence electrons. The summed E-state index contributed by atoms with van der Waals surface area (Å²) in [6.45, 7) is 5.76. The highest BCUT2D eigenvalue weighted by Crippen LogP contribution is 2.09. The van der Waals surface area contributed by atoms with E-state index in [1.54, 1.807) is 0 Å². The molecule has 0 aliphatic heterocycles. The van der Waals surface area contributed by atoms with Gasteiger partial charge in [-0.2, -0.15) is 5.10 Å². The molecule has 0 saturated heterocycles. The lowest BCUT2D eigenvalue weighted by Crippen LogP contribution is -2.33.